The molecule has 6 N–H and O–H groups in total. The Morgan fingerprint density at radius 3 is 1.32 bits per heavy atom. The van der Waals surface area contributed by atoms with Crippen LogP contribution in [0.5, 0.6) is 0 Å². The number of hydrogen-bond donors (Lipinski definition) is 3. The third kappa shape index (κ3) is 17.7. The van der Waals surface area contributed by atoms with Crippen molar-refractivity contribution in [3.63, 3.8) is 0 Å². The van der Waals surface area contributed by atoms with Crippen LogP contribution < -0.4 is 33.9 Å². The van der Waals surface area contributed by atoms with E-state index in [4.69, 9.17) is 49.8 Å². The number of para-hydroxylation sites is 1. The molecular weight excluding hydrogens is 1590 g/mol. The van der Waals surface area contributed by atoms with Gasteiger partial charge in [0.1, 0.15) is 74.0 Å². The Kier molecular flexibility index (Phi) is 25.9. The van der Waals surface area contributed by atoms with Crippen LogP contribution in [-0.2, 0) is 19.6 Å². The van der Waals surface area contributed by atoms with Gasteiger partial charge in [-0.1, -0.05) is 125 Å². The van der Waals surface area contributed by atoms with Crippen molar-refractivity contribution in [1.29, 1.82) is 0 Å². The number of aromatic nitrogens is 6. The first kappa shape index (κ1) is 84.0. The van der Waals surface area contributed by atoms with E-state index < -0.39 is 52.6 Å². The molecule has 0 aliphatic rings. The fraction of sp³-hybridized carbons (Fsp3) is 0.286. The molecule has 8 heterocycles. The minimum Gasteiger partial charge on any atom is -0.452 e. The summed E-state index contributed by atoms with van der Waals surface area (Å²) in [6.45, 7) is 21.6. The highest BCUT2D eigenvalue weighted by molar-refractivity contribution is 9.10. The zero-order chi connectivity index (χ0) is 84.1. The van der Waals surface area contributed by atoms with Crippen LogP contribution in [0.4, 0.5) is 13.2 Å². The Bertz CT molecular complexity index is 6390. The van der Waals surface area contributed by atoms with Gasteiger partial charge in [-0.3, -0.25) is 42.5 Å². The molecule has 0 aliphatic carbocycles. The number of benzene rings is 7. The van der Waals surface area contributed by atoms with Gasteiger partial charge in [-0.25, -0.2) is 28.1 Å². The van der Waals surface area contributed by atoms with Gasteiger partial charge < -0.3 is 49.6 Å². The average molecular weight is 1680 g/mol. The lowest BCUT2D eigenvalue weighted by molar-refractivity contribution is 0.0599. The number of fused-ring (bicyclic) bond motifs is 9. The third-order valence-electron chi connectivity index (χ3n) is 20.7. The number of rotatable bonds is 25. The smallest absolute Gasteiger partial charge is 0.297 e. The number of nitrogens with two attached hydrogens (primary N) is 3. The fourth-order valence-corrected chi connectivity index (χ4v) is 16.2. The van der Waals surface area contributed by atoms with E-state index in [0.29, 0.717) is 104 Å². The van der Waals surface area contributed by atoms with Gasteiger partial charge in [0.2, 0.25) is 16.7 Å². The number of furan rings is 4. The molecule has 27 heteroatoms. The number of halogens is 4. The first-order valence-corrected chi connectivity index (χ1v) is 40.7. The lowest BCUT2D eigenvalue weighted by atomic mass is 9.98. The number of hydrogen-bond acceptors (Lipinski definition) is 17. The normalized spacial score (nSPS) is 12.4. The van der Waals surface area contributed by atoms with Gasteiger partial charge in [-0.15, -0.1) is 11.3 Å². The Morgan fingerprint density at radius 1 is 0.449 bits per heavy atom. The summed E-state index contributed by atoms with van der Waals surface area (Å²) in [6.07, 6.45) is 0.626. The largest absolute Gasteiger partial charge is 0.452 e. The molecule has 3 atom stereocenters. The van der Waals surface area contributed by atoms with Crippen LogP contribution in [0.15, 0.2) is 218 Å². The van der Waals surface area contributed by atoms with E-state index in [1.165, 1.54) is 62.9 Å². The van der Waals surface area contributed by atoms with Crippen molar-refractivity contribution in [3.8, 4) is 0 Å². The molecule has 0 saturated heterocycles. The fourth-order valence-electron chi connectivity index (χ4n) is 15.0. The van der Waals surface area contributed by atoms with Crippen molar-refractivity contribution in [2.75, 3.05) is 39.3 Å². The summed E-state index contributed by atoms with van der Waals surface area (Å²) in [4.78, 5) is 105. The lowest BCUT2D eigenvalue weighted by Crippen LogP contribution is -2.43. The molecule has 0 spiro atoms. The molecule has 0 unspecified atom stereocenters. The van der Waals surface area contributed by atoms with Crippen molar-refractivity contribution in [2.45, 2.75) is 113 Å². The summed E-state index contributed by atoms with van der Waals surface area (Å²) in [7, 11) is 0. The molecular formula is C91H92BrF3N12O10S. The molecule has 610 valence electrons. The molecule has 0 aliphatic heterocycles. The molecule has 7 aromatic carbocycles. The van der Waals surface area contributed by atoms with Crippen LogP contribution in [0.1, 0.15) is 153 Å². The molecule has 0 fully saturated rings. The van der Waals surface area contributed by atoms with Gasteiger partial charge >= 0.3 is 0 Å². The third-order valence-corrected chi connectivity index (χ3v) is 22.2. The standard InChI is InChI=1S/C32H34N4O3.C30H30F2N4O3S.C29H28BrFN4O4/c1-21(2)28(35(19-9-18-33)31(37)24-16-14-22(3)15-17-24)30-34-27-25-12-7-8-13-26(25)39-29(27)32(38)36(30)20-23-10-5-4-6-11-23;1-16(2)26(35(10-9-33)29(37)19-6-5-18(4)23(32)12-19)28-34-25-22-13-20(31)7-8-24(22)39-27(25)30(38)36(28)14-21-11-17(3)15-40-21;1-16(2)25(34(13-12-32)28(36)18-6-4-17(3)5-7-18)27-33-24-21-14-19(31)8-10-22(21)39-26(24)29(37)35(27)15-20-9-11-23(30)38-20/h4-8,10-17,21,28H,9,18-20,33H2,1-3H3;5-8,11-13,15-16,26H,9-10,14,33H2,1-4H3;4-11,14,16,25H,12-13,15,32H2,1-3H3/t28-;26-;25-/m111/s1. The summed E-state index contributed by atoms with van der Waals surface area (Å²) in [6, 6.07) is 48.2. The molecule has 15 rings (SSSR count). The molecule has 3 amide bonds. The molecule has 22 nitrogen and oxygen atoms in total. The van der Waals surface area contributed by atoms with Crippen LogP contribution in [0.2, 0.25) is 0 Å². The second-order valence-corrected chi connectivity index (χ2v) is 32.2. The predicted molar refractivity (Wildman–Crippen MR) is 458 cm³/mol. The summed E-state index contributed by atoms with van der Waals surface area (Å²) in [5.41, 5.74) is 25.0. The Morgan fingerprint density at radius 2 is 0.881 bits per heavy atom. The van der Waals surface area contributed by atoms with Gasteiger partial charge in [0.25, 0.3) is 34.4 Å². The maximum Gasteiger partial charge on any atom is 0.297 e. The molecule has 0 bridgehead atoms. The number of amides is 3. The van der Waals surface area contributed by atoms with Crippen LogP contribution in [0.25, 0.3) is 66.2 Å². The molecule has 15 aromatic rings. The first-order chi connectivity index (χ1) is 56.6. The predicted octanol–water partition coefficient (Wildman–Crippen LogP) is 17.4. The SMILES string of the molecule is Cc1ccc(C(=O)N(CCCN)[C@@H](c2nc3c(oc4ccccc43)c(=O)n2Cc2ccccc2)C(C)C)cc1.Cc1ccc(C(=O)N(CCN)[C@@H](c2nc3c(oc4ccc(F)cc43)c(=O)n2Cc2ccc(Br)o2)C(C)C)cc1.Cc1csc(Cn2c([C@@H](C(C)C)N(CCN)C(=O)c3ccc(C)c(F)c3)nc3c(oc4ccc(F)cc43)c2=O)c1. The van der Waals surface area contributed by atoms with Crippen molar-refractivity contribution >= 4 is 111 Å². The van der Waals surface area contributed by atoms with E-state index in [2.05, 4.69) is 29.8 Å². The zero-order valence-electron chi connectivity index (χ0n) is 67.1. The average Bonchev–Trinajstić information content (AvgIpc) is 1.66. The number of carbonyl (C=O) groups excluding carboxylic acids is 3. The van der Waals surface area contributed by atoms with Gasteiger partial charge in [0.05, 0.1) is 37.8 Å². The number of nitrogens with zero attached hydrogens (tertiary/aromatic N) is 9. The Hall–Kier alpha value is -11.9. The van der Waals surface area contributed by atoms with Crippen LogP contribution in [0, 0.1) is 62.9 Å². The molecule has 0 saturated carbocycles. The van der Waals surface area contributed by atoms with E-state index >= 15 is 0 Å². The van der Waals surface area contributed by atoms with Crippen molar-refractivity contribution < 1.29 is 45.2 Å². The highest BCUT2D eigenvalue weighted by Gasteiger charge is 2.38. The molecule has 0 radical (unpaired) electrons. The molecule has 8 aromatic heterocycles. The van der Waals surface area contributed by atoms with E-state index in [0.717, 1.165) is 32.5 Å². The van der Waals surface area contributed by atoms with Crippen molar-refractivity contribution in [3.05, 3.63) is 307 Å². The van der Waals surface area contributed by atoms with Gasteiger partial charge in [-0.2, -0.15) is 0 Å². The lowest BCUT2D eigenvalue weighted by Gasteiger charge is -2.35. The minimum absolute atomic E-state index is 0.00251. The van der Waals surface area contributed by atoms with Gasteiger partial charge in [0, 0.05) is 70.4 Å². The Labute approximate surface area is 690 Å². The number of carbonyl (C=O) groups is 3. The summed E-state index contributed by atoms with van der Waals surface area (Å²) in [5.74, 6) is -0.963. The van der Waals surface area contributed by atoms with Crippen molar-refractivity contribution in [1.82, 2.24) is 43.4 Å². The van der Waals surface area contributed by atoms with Crippen LogP contribution >= 0.6 is 27.3 Å². The highest BCUT2D eigenvalue weighted by Crippen LogP contribution is 2.38. The second-order valence-electron chi connectivity index (χ2n) is 30.5. The summed E-state index contributed by atoms with van der Waals surface area (Å²) in [5, 5.41) is 3.52. The summed E-state index contributed by atoms with van der Waals surface area (Å²) >= 11 is 4.82. The second kappa shape index (κ2) is 36.3. The Balaban J connectivity index is 0.000000153. The van der Waals surface area contributed by atoms with Gasteiger partial charge in [-0.05, 0) is 200 Å². The maximum absolute atomic E-state index is 14.5. The zero-order valence-corrected chi connectivity index (χ0v) is 69.5. The van der Waals surface area contributed by atoms with Crippen molar-refractivity contribution in [2.24, 2.45) is 35.0 Å². The number of thiophene rings is 1. The molecule has 118 heavy (non-hydrogen) atoms. The minimum atomic E-state index is -0.711. The van der Waals surface area contributed by atoms with Gasteiger partial charge in [0.15, 0.2) is 4.67 Å². The van der Waals surface area contributed by atoms with Crippen LogP contribution in [0.3, 0.4) is 0 Å². The first-order valence-electron chi connectivity index (χ1n) is 39.1. The highest BCUT2D eigenvalue weighted by atomic mass is 79.9. The van der Waals surface area contributed by atoms with E-state index in [9.17, 15) is 41.9 Å². The summed E-state index contributed by atoms with van der Waals surface area (Å²) < 4.78 is 71.5. The number of aryl methyl sites for hydroxylation is 4. The monoisotopic (exact) mass is 1680 g/mol. The maximum atomic E-state index is 14.5. The topological polar surface area (TPSA) is 296 Å². The van der Waals surface area contributed by atoms with E-state index in [-0.39, 0.29) is 108 Å². The quantitative estimate of drug-likeness (QED) is 0.0479. The van der Waals surface area contributed by atoms with E-state index in [1.54, 1.807) is 57.7 Å². The van der Waals surface area contributed by atoms with Crippen LogP contribution in [-0.4, -0.2) is 100 Å². The van der Waals surface area contributed by atoms with E-state index in [1.807, 2.05) is 156 Å².